The van der Waals surface area contributed by atoms with E-state index in [9.17, 15) is 37.0 Å². The highest BCUT2D eigenvalue weighted by molar-refractivity contribution is 7.89. The molecule has 0 radical (unpaired) electrons. The van der Waals surface area contributed by atoms with E-state index in [1.54, 1.807) is 48.5 Å². The van der Waals surface area contributed by atoms with Gasteiger partial charge in [0, 0.05) is 70.4 Å². The fourth-order valence-corrected chi connectivity index (χ4v) is 13.7. The van der Waals surface area contributed by atoms with E-state index < -0.39 is 183 Å². The van der Waals surface area contributed by atoms with Crippen LogP contribution in [0.1, 0.15) is 130 Å². The van der Waals surface area contributed by atoms with Crippen LogP contribution >= 0.6 is 0 Å². The number of hydrogen-bond donors (Lipinski definition) is 4. The van der Waals surface area contributed by atoms with Crippen molar-refractivity contribution in [2.45, 2.75) is 238 Å². The lowest BCUT2D eigenvalue weighted by atomic mass is 9.74. The molecule has 22 atom stereocenters. The number of esters is 2. The fourth-order valence-electron chi connectivity index (χ4n) is 12.4. The summed E-state index contributed by atoms with van der Waals surface area (Å²) in [6, 6.07) is 2.52. The summed E-state index contributed by atoms with van der Waals surface area (Å²) < 4.78 is 129. The third kappa shape index (κ3) is 19.0. The molecule has 0 aromatic heterocycles. The van der Waals surface area contributed by atoms with Gasteiger partial charge in [0.25, 0.3) is 0 Å². The molecule has 0 spiro atoms. The quantitative estimate of drug-likeness (QED) is 0.0657. The smallest absolute Gasteiger partial charge is 0.408 e. The average Bonchev–Trinajstić information content (AvgIpc) is 1.08. The number of sulfonamides is 1. The molecule has 4 aliphatic heterocycles. The monoisotopic (exact) mass is 1280 g/mol. The standard InChI is InChI=1S/C61H100F2N4O20S/c1-30(2)23-44(68)83-50-37(9)49(32(4)28-79-58-53(77-18)52(76-17)46(69)40(12)82-58)85-56(72)39(11)51(84-45-24-33(5)67(16)27-35(7)80-45)36(8)48(86-57-47(70)43(66-78-19)25-34(6)81-57)31(3)26-61(15,55(71)38(50)10)87-59(73)65-60(13,14)29-64-88(74,75)54-41(62)21-20-22-42(54)63/h20-22,30-40,45-53,57-58,64,69-70H,23-29H2,1-19H3,(H,65,73)/t31-,32?,33?,34+,35-,36+,37-,38+,39+,40+,45-,46+,47+,48-,49+,50+,51-,52+,53+,57-,58+,61-/m0/s1. The van der Waals surface area contributed by atoms with Crippen molar-refractivity contribution in [2.24, 2.45) is 46.6 Å². The molecule has 5 rings (SSSR count). The summed E-state index contributed by atoms with van der Waals surface area (Å²) in [5, 5.41) is 29.5. The number of nitrogens with one attached hydrogen (secondary N) is 2. The second kappa shape index (κ2) is 32.0. The zero-order chi connectivity index (χ0) is 66.1. The number of cyclic esters (lactones) is 1. The normalized spacial score (nSPS) is 37.1. The Kier molecular flexibility index (Phi) is 27.1. The summed E-state index contributed by atoms with van der Waals surface area (Å²) in [5.74, 6) is -11.3. The minimum absolute atomic E-state index is 0.0579. The second-order valence-corrected chi connectivity index (χ2v) is 27.7. The summed E-state index contributed by atoms with van der Waals surface area (Å²) in [6.07, 6.45) is -15.6. The number of ether oxygens (including phenoxy) is 11. The van der Waals surface area contributed by atoms with Gasteiger partial charge in [-0.1, -0.05) is 59.7 Å². The van der Waals surface area contributed by atoms with E-state index in [-0.39, 0.29) is 49.6 Å². The molecule has 4 aliphatic rings. The summed E-state index contributed by atoms with van der Waals surface area (Å²) in [4.78, 5) is 66.3. The van der Waals surface area contributed by atoms with Crippen LogP contribution in [-0.4, -0.2) is 204 Å². The lowest BCUT2D eigenvalue weighted by Gasteiger charge is -2.45. The van der Waals surface area contributed by atoms with Crippen LogP contribution in [-0.2, 0) is 81.3 Å². The van der Waals surface area contributed by atoms with Crippen LogP contribution in [0.2, 0.25) is 0 Å². The number of amides is 1. The van der Waals surface area contributed by atoms with Crippen molar-refractivity contribution in [3.63, 3.8) is 0 Å². The number of nitrogens with zero attached hydrogens (tertiary/aromatic N) is 2. The first-order valence-corrected chi connectivity index (χ1v) is 32.0. The molecule has 27 heteroatoms. The van der Waals surface area contributed by atoms with Crippen LogP contribution in [0.15, 0.2) is 28.3 Å². The maximum atomic E-state index is 16.0. The Morgan fingerprint density at radius 3 is 2.09 bits per heavy atom. The van der Waals surface area contributed by atoms with Crippen LogP contribution in [0.25, 0.3) is 0 Å². The van der Waals surface area contributed by atoms with Gasteiger partial charge >= 0.3 is 18.0 Å². The highest BCUT2D eigenvalue weighted by Crippen LogP contribution is 2.41. The summed E-state index contributed by atoms with van der Waals surface area (Å²) in [6.45, 7) is 24.9. The van der Waals surface area contributed by atoms with Crippen LogP contribution in [0.5, 0.6) is 0 Å². The van der Waals surface area contributed by atoms with Crippen LogP contribution in [0.4, 0.5) is 13.6 Å². The van der Waals surface area contributed by atoms with Crippen molar-refractivity contribution in [3.8, 4) is 0 Å². The Morgan fingerprint density at radius 1 is 0.852 bits per heavy atom. The number of Topliss-reactive ketones (excluding diaryl/α,β-unsaturated/α-hetero) is 1. The molecular weight excluding hydrogens is 1180 g/mol. The molecule has 504 valence electrons. The number of alkyl carbamates (subject to hydrolysis) is 1. The first-order chi connectivity index (χ1) is 41.0. The Labute approximate surface area is 518 Å². The topological polar surface area (TPSA) is 293 Å². The second-order valence-electron chi connectivity index (χ2n) is 26.0. The van der Waals surface area contributed by atoms with Crippen LogP contribution in [0, 0.1) is 53.1 Å². The predicted octanol–water partition coefficient (Wildman–Crippen LogP) is 6.04. The van der Waals surface area contributed by atoms with Gasteiger partial charge in [0.2, 0.25) is 10.0 Å². The number of carbonyl (C=O) groups is 4. The fraction of sp³-hybridized carbons (Fsp3) is 0.820. The molecule has 2 unspecified atom stereocenters. The highest BCUT2D eigenvalue weighted by atomic mass is 32.2. The molecule has 4 N–H and O–H groups in total. The maximum Gasteiger partial charge on any atom is 0.408 e. The molecule has 1 amide bonds. The van der Waals surface area contributed by atoms with E-state index in [0.29, 0.717) is 13.0 Å². The van der Waals surface area contributed by atoms with Crippen molar-refractivity contribution in [1.82, 2.24) is 14.9 Å². The molecule has 1 aromatic carbocycles. The van der Waals surface area contributed by atoms with Crippen molar-refractivity contribution in [3.05, 3.63) is 29.8 Å². The molecule has 0 bridgehead atoms. The lowest BCUT2D eigenvalue weighted by molar-refractivity contribution is -0.305. The van der Waals surface area contributed by atoms with E-state index in [1.165, 1.54) is 49.0 Å². The van der Waals surface area contributed by atoms with Crippen LogP contribution < -0.4 is 10.0 Å². The van der Waals surface area contributed by atoms with Gasteiger partial charge in [0.15, 0.2) is 35.1 Å². The number of ketones is 1. The molecule has 4 fully saturated rings. The zero-order valence-electron chi connectivity index (χ0n) is 54.7. The Balaban J connectivity index is 1.71. The van der Waals surface area contributed by atoms with Crippen molar-refractivity contribution in [2.75, 3.05) is 48.1 Å². The third-order valence-electron chi connectivity index (χ3n) is 17.3. The SMILES string of the molecule is CON=C1C[C@@H](C)O[C@@H](O[C@@H]2[C@@H](C)[C@H](O[C@H]3CC(C)N(C)C[C@H](C)O3)[C@@H](C)C(=O)O[C@H](C(C)CO[C@@H]3O[C@H](C)[C@@H](O)[C@@H](OC)[C@H]3OC)[C@H](C)[C@@H](OC(=O)CC(C)C)[C@@H](C)C(=O)[C@@](C)(OC(=O)NC(C)(C)CNS(=O)(=O)c3c(F)cccc3F)C[C@@H]2C)[C@@H]1O. The minimum atomic E-state index is -4.84. The van der Waals surface area contributed by atoms with Gasteiger partial charge in [-0.15, -0.1) is 0 Å². The largest absolute Gasteiger partial charge is 0.461 e. The number of halogens is 2. The third-order valence-corrected chi connectivity index (χ3v) is 18.7. The number of aliphatic hydroxyl groups excluding tert-OH is 2. The minimum Gasteiger partial charge on any atom is -0.461 e. The van der Waals surface area contributed by atoms with E-state index in [2.05, 4.69) is 20.1 Å². The Morgan fingerprint density at radius 2 is 1.49 bits per heavy atom. The highest BCUT2D eigenvalue weighted by Gasteiger charge is 2.53. The number of oxime groups is 1. The Hall–Kier alpha value is -4.10. The van der Waals surface area contributed by atoms with Gasteiger partial charge in [0.05, 0.1) is 60.2 Å². The molecule has 1 aromatic rings. The molecule has 4 heterocycles. The van der Waals surface area contributed by atoms with Gasteiger partial charge in [0.1, 0.15) is 55.4 Å². The molecule has 0 saturated carbocycles. The number of aliphatic hydroxyl groups is 2. The van der Waals surface area contributed by atoms with E-state index in [1.807, 2.05) is 34.7 Å². The first kappa shape index (κ1) is 74.6. The molecule has 24 nitrogen and oxygen atoms in total. The number of likely N-dealkylation sites (N-methyl/N-ethyl adjacent to an activating group) is 1. The van der Waals surface area contributed by atoms with Gasteiger partial charge in [-0.25, -0.2) is 26.7 Å². The van der Waals surface area contributed by atoms with Crippen LogP contribution in [0.3, 0.4) is 0 Å². The molecule has 0 aliphatic carbocycles. The number of carbonyl (C=O) groups excluding carboxylic acids is 4. The summed E-state index contributed by atoms with van der Waals surface area (Å²) in [5.41, 5.74) is -3.59. The van der Waals surface area contributed by atoms with Gasteiger partial charge in [-0.05, 0) is 92.8 Å². The Bertz CT molecular complexity index is 2600. The zero-order valence-corrected chi connectivity index (χ0v) is 55.5. The number of benzene rings is 1. The molecular formula is C61H100F2N4O20S. The van der Waals surface area contributed by atoms with E-state index in [0.717, 1.165) is 18.2 Å². The average molecular weight is 1280 g/mol. The van der Waals surface area contributed by atoms with Gasteiger partial charge in [-0.2, -0.15) is 0 Å². The number of methoxy groups -OCH3 is 2. The predicted molar refractivity (Wildman–Crippen MR) is 316 cm³/mol. The lowest BCUT2D eigenvalue weighted by Crippen LogP contribution is -2.59. The van der Waals surface area contributed by atoms with E-state index >= 15 is 9.59 Å². The number of rotatable bonds is 20. The molecule has 4 saturated heterocycles. The van der Waals surface area contributed by atoms with Crippen molar-refractivity contribution >= 4 is 39.6 Å². The first-order valence-electron chi connectivity index (χ1n) is 30.5. The van der Waals surface area contributed by atoms with Crippen molar-refractivity contribution < 1.29 is 104 Å². The van der Waals surface area contributed by atoms with E-state index in [4.69, 9.17) is 56.9 Å². The molecule has 88 heavy (non-hydrogen) atoms. The summed E-state index contributed by atoms with van der Waals surface area (Å²) in [7, 11) is 1.29. The van der Waals surface area contributed by atoms with Gasteiger partial charge in [-0.3, -0.25) is 14.4 Å². The van der Waals surface area contributed by atoms with Gasteiger partial charge < -0.3 is 77.4 Å². The summed E-state index contributed by atoms with van der Waals surface area (Å²) >= 11 is 0. The van der Waals surface area contributed by atoms with Crippen molar-refractivity contribution in [1.29, 1.82) is 0 Å². The number of hydrogen-bond acceptors (Lipinski definition) is 22. The maximum absolute atomic E-state index is 16.0.